The van der Waals surface area contributed by atoms with Crippen molar-refractivity contribution in [3.05, 3.63) is 104 Å². The van der Waals surface area contributed by atoms with Crippen molar-refractivity contribution in [2.75, 3.05) is 4.90 Å². The molecule has 1 aliphatic rings. The van der Waals surface area contributed by atoms with Crippen molar-refractivity contribution >= 4 is 58.5 Å². The number of non-ortho nitro benzene ring substituents is 1. The molecule has 0 bridgehead atoms. The highest BCUT2D eigenvalue weighted by atomic mass is 35.5. The zero-order chi connectivity index (χ0) is 25.1. The van der Waals surface area contributed by atoms with Gasteiger partial charge in [0.15, 0.2) is 0 Å². The largest absolute Gasteiger partial charge is 0.489 e. The van der Waals surface area contributed by atoms with Crippen molar-refractivity contribution in [3.8, 4) is 5.75 Å². The first-order valence-corrected chi connectivity index (χ1v) is 10.8. The molecule has 0 saturated carbocycles. The fraction of sp³-hybridized carbons (Fsp3) is 0.0417. The van der Waals surface area contributed by atoms with Crippen LogP contribution in [-0.2, 0) is 16.2 Å². The number of benzene rings is 3. The van der Waals surface area contributed by atoms with Gasteiger partial charge in [-0.3, -0.25) is 25.0 Å². The van der Waals surface area contributed by atoms with Crippen molar-refractivity contribution in [2.45, 2.75) is 6.61 Å². The van der Waals surface area contributed by atoms with Crippen LogP contribution in [0.3, 0.4) is 0 Å². The predicted octanol–water partition coefficient (Wildman–Crippen LogP) is 5.15. The summed E-state index contributed by atoms with van der Waals surface area (Å²) in [5.74, 6) is -1.24. The number of anilines is 1. The minimum atomic E-state index is -0.900. The summed E-state index contributed by atoms with van der Waals surface area (Å²) in [6, 6.07) is 15.5. The molecule has 9 nitrogen and oxygen atoms in total. The third-order valence-electron chi connectivity index (χ3n) is 5.02. The van der Waals surface area contributed by atoms with Gasteiger partial charge in [0, 0.05) is 27.7 Å². The minimum Gasteiger partial charge on any atom is -0.489 e. The zero-order valence-electron chi connectivity index (χ0n) is 17.7. The molecule has 1 N–H and O–H groups in total. The SMILES string of the molecule is O=C1NC(=O)N(c2ccc(OCc3ccc(Cl)cc3Cl)cc2)C(=O)/C1=C/c1ccc([N+](=O)[O-])cc1. The molecule has 3 aromatic carbocycles. The van der Waals surface area contributed by atoms with Crippen molar-refractivity contribution < 1.29 is 24.0 Å². The number of ether oxygens (including phenoxy) is 1. The summed E-state index contributed by atoms with van der Waals surface area (Å²) in [4.78, 5) is 48.8. The Hall–Kier alpha value is -4.21. The molecule has 1 saturated heterocycles. The molecule has 4 amide bonds. The lowest BCUT2D eigenvalue weighted by atomic mass is 10.1. The van der Waals surface area contributed by atoms with Gasteiger partial charge in [-0.05, 0) is 60.2 Å². The smallest absolute Gasteiger partial charge is 0.335 e. The van der Waals surface area contributed by atoms with E-state index in [2.05, 4.69) is 5.32 Å². The Morgan fingerprint density at radius 1 is 0.971 bits per heavy atom. The molecule has 0 unspecified atom stereocenters. The van der Waals surface area contributed by atoms with Crippen molar-refractivity contribution in [1.82, 2.24) is 5.32 Å². The van der Waals surface area contributed by atoms with Gasteiger partial charge < -0.3 is 4.74 Å². The Kier molecular flexibility index (Phi) is 6.81. The average molecular weight is 512 g/mol. The Bertz CT molecular complexity index is 1370. The van der Waals surface area contributed by atoms with E-state index < -0.39 is 22.8 Å². The van der Waals surface area contributed by atoms with Gasteiger partial charge in [-0.25, -0.2) is 9.69 Å². The molecule has 0 atom stereocenters. The van der Waals surface area contributed by atoms with E-state index in [1.54, 1.807) is 30.3 Å². The second-order valence-electron chi connectivity index (χ2n) is 7.32. The number of hydrogen-bond acceptors (Lipinski definition) is 6. The Balaban J connectivity index is 1.52. The lowest BCUT2D eigenvalue weighted by molar-refractivity contribution is -0.384. The van der Waals surface area contributed by atoms with Gasteiger partial charge in [-0.1, -0.05) is 29.3 Å². The van der Waals surface area contributed by atoms with Crippen molar-refractivity contribution in [2.24, 2.45) is 0 Å². The number of nitro groups is 1. The topological polar surface area (TPSA) is 119 Å². The highest BCUT2D eigenvalue weighted by molar-refractivity contribution is 6.39. The van der Waals surface area contributed by atoms with Crippen LogP contribution < -0.4 is 15.0 Å². The van der Waals surface area contributed by atoms with Crippen LogP contribution in [0.5, 0.6) is 5.75 Å². The molecule has 1 aliphatic heterocycles. The van der Waals surface area contributed by atoms with Gasteiger partial charge in [-0.2, -0.15) is 0 Å². The standard InChI is InChI=1S/C24H15Cl2N3O6/c25-16-4-3-15(21(26)12-16)13-35-19-9-7-17(8-10-19)28-23(31)20(22(30)27-24(28)32)11-14-1-5-18(6-2-14)29(33)34/h1-12H,13H2,(H,27,30,32)/b20-11+. The number of nitrogens with one attached hydrogen (secondary N) is 1. The van der Waals surface area contributed by atoms with Crippen LogP contribution in [0.4, 0.5) is 16.2 Å². The van der Waals surface area contributed by atoms with E-state index in [1.807, 2.05) is 0 Å². The number of imide groups is 2. The molecule has 3 aromatic rings. The third kappa shape index (κ3) is 5.32. The minimum absolute atomic E-state index is 0.135. The van der Waals surface area contributed by atoms with Crippen molar-refractivity contribution in [3.63, 3.8) is 0 Å². The molecule has 4 rings (SSSR count). The highest BCUT2D eigenvalue weighted by Crippen LogP contribution is 2.26. The predicted molar refractivity (Wildman–Crippen MR) is 129 cm³/mol. The maximum atomic E-state index is 13.0. The van der Waals surface area contributed by atoms with E-state index in [0.717, 1.165) is 10.5 Å². The Morgan fingerprint density at radius 2 is 1.66 bits per heavy atom. The van der Waals surface area contributed by atoms with Gasteiger partial charge in [-0.15, -0.1) is 0 Å². The van der Waals surface area contributed by atoms with Crippen LogP contribution in [0.2, 0.25) is 10.0 Å². The van der Waals surface area contributed by atoms with Gasteiger partial charge in [0.25, 0.3) is 17.5 Å². The third-order valence-corrected chi connectivity index (χ3v) is 5.61. The molecule has 1 fully saturated rings. The first-order valence-electron chi connectivity index (χ1n) is 10.1. The first-order chi connectivity index (χ1) is 16.7. The second-order valence-corrected chi connectivity index (χ2v) is 8.17. The molecular formula is C24H15Cl2N3O6. The quantitative estimate of drug-likeness (QED) is 0.211. The maximum Gasteiger partial charge on any atom is 0.335 e. The second kappa shape index (κ2) is 9.96. The number of nitrogens with zero attached hydrogens (tertiary/aromatic N) is 2. The van der Waals surface area contributed by atoms with E-state index in [1.165, 1.54) is 42.5 Å². The number of halogens is 2. The lowest BCUT2D eigenvalue weighted by Gasteiger charge is -2.26. The summed E-state index contributed by atoms with van der Waals surface area (Å²) < 4.78 is 5.71. The number of amides is 4. The number of hydrogen-bond donors (Lipinski definition) is 1. The molecule has 0 aliphatic carbocycles. The van der Waals surface area contributed by atoms with Crippen LogP contribution in [-0.4, -0.2) is 22.8 Å². The zero-order valence-corrected chi connectivity index (χ0v) is 19.2. The molecule has 0 aromatic heterocycles. The van der Waals surface area contributed by atoms with E-state index >= 15 is 0 Å². The molecule has 176 valence electrons. The van der Waals surface area contributed by atoms with E-state index in [9.17, 15) is 24.5 Å². The van der Waals surface area contributed by atoms with Gasteiger partial charge >= 0.3 is 6.03 Å². The molecular weight excluding hydrogens is 497 g/mol. The number of rotatable bonds is 6. The van der Waals surface area contributed by atoms with Crippen LogP contribution in [0.15, 0.2) is 72.3 Å². The fourth-order valence-electron chi connectivity index (χ4n) is 3.24. The normalized spacial score (nSPS) is 14.7. The summed E-state index contributed by atoms with van der Waals surface area (Å²) in [5.41, 5.74) is 0.893. The van der Waals surface area contributed by atoms with Gasteiger partial charge in [0.1, 0.15) is 17.9 Å². The van der Waals surface area contributed by atoms with Crippen LogP contribution in [0.1, 0.15) is 11.1 Å². The summed E-state index contributed by atoms with van der Waals surface area (Å²) >= 11 is 12.0. The van der Waals surface area contributed by atoms with Crippen LogP contribution in [0, 0.1) is 10.1 Å². The Morgan fingerprint density at radius 3 is 2.29 bits per heavy atom. The first kappa shape index (κ1) is 23.9. The fourth-order valence-corrected chi connectivity index (χ4v) is 3.71. The van der Waals surface area contributed by atoms with Crippen molar-refractivity contribution in [1.29, 1.82) is 0 Å². The number of carbonyl (C=O) groups is 3. The molecule has 1 heterocycles. The molecule has 11 heteroatoms. The number of urea groups is 1. The number of barbiturate groups is 1. The molecule has 35 heavy (non-hydrogen) atoms. The van der Waals surface area contributed by atoms with Crippen LogP contribution in [0.25, 0.3) is 6.08 Å². The average Bonchev–Trinajstić information content (AvgIpc) is 2.82. The van der Waals surface area contributed by atoms with E-state index in [0.29, 0.717) is 21.4 Å². The summed E-state index contributed by atoms with van der Waals surface area (Å²) in [5, 5.41) is 13.9. The van der Waals surface area contributed by atoms with Gasteiger partial charge in [0.05, 0.1) is 10.6 Å². The van der Waals surface area contributed by atoms with E-state index in [4.69, 9.17) is 27.9 Å². The van der Waals surface area contributed by atoms with Gasteiger partial charge in [0.2, 0.25) is 0 Å². The number of carbonyl (C=O) groups excluding carboxylic acids is 3. The van der Waals surface area contributed by atoms with E-state index in [-0.39, 0.29) is 23.6 Å². The molecule has 0 radical (unpaired) electrons. The van der Waals surface area contributed by atoms with Crippen LogP contribution >= 0.6 is 23.2 Å². The Labute approximate surface area is 208 Å². The summed E-state index contributed by atoms with van der Waals surface area (Å²) in [6.07, 6.45) is 1.26. The summed E-state index contributed by atoms with van der Waals surface area (Å²) in [7, 11) is 0. The molecule has 0 spiro atoms. The monoisotopic (exact) mass is 511 g/mol. The highest BCUT2D eigenvalue weighted by Gasteiger charge is 2.36. The lowest BCUT2D eigenvalue weighted by Crippen LogP contribution is -2.54. The summed E-state index contributed by atoms with van der Waals surface area (Å²) in [6.45, 7) is 0.176. The maximum absolute atomic E-state index is 13.0. The number of nitro benzene ring substituents is 1.